The van der Waals surface area contributed by atoms with E-state index in [0.717, 1.165) is 24.8 Å². The molecule has 6 heteroatoms. The molecule has 2 heterocycles. The summed E-state index contributed by atoms with van der Waals surface area (Å²) in [5, 5.41) is 15.6. The number of benzene rings is 2. The van der Waals surface area contributed by atoms with Crippen LogP contribution in [0.15, 0.2) is 65.5 Å². The van der Waals surface area contributed by atoms with Crippen LogP contribution in [0.2, 0.25) is 0 Å². The largest absolute Gasteiger partial charge is 0.391 e. The quantitative estimate of drug-likeness (QED) is 0.455. The first-order valence-corrected chi connectivity index (χ1v) is 10.8. The van der Waals surface area contributed by atoms with Gasteiger partial charge in [0.2, 0.25) is 0 Å². The van der Waals surface area contributed by atoms with E-state index in [0.29, 0.717) is 29.0 Å². The number of fused-ring (bicyclic) bond motifs is 1. The molecular formula is C25H28N4O2. The molecule has 0 amide bonds. The van der Waals surface area contributed by atoms with Gasteiger partial charge in [0, 0.05) is 6.42 Å². The molecule has 2 N–H and O–H groups in total. The normalized spacial score (nSPS) is 13.4. The zero-order valence-electron chi connectivity index (χ0n) is 18.0. The molecule has 0 spiro atoms. The smallest absolute Gasteiger partial charge is 0.262 e. The van der Waals surface area contributed by atoms with Gasteiger partial charge in [0.1, 0.15) is 11.2 Å². The third kappa shape index (κ3) is 4.75. The van der Waals surface area contributed by atoms with Crippen molar-refractivity contribution >= 4 is 11.0 Å². The second-order valence-corrected chi connectivity index (χ2v) is 8.09. The first-order chi connectivity index (χ1) is 15.0. The van der Waals surface area contributed by atoms with Gasteiger partial charge in [0.05, 0.1) is 17.8 Å². The minimum atomic E-state index is -0.614. The summed E-state index contributed by atoms with van der Waals surface area (Å²) < 4.78 is 1.75. The van der Waals surface area contributed by atoms with Crippen LogP contribution in [-0.2, 0) is 12.8 Å². The van der Waals surface area contributed by atoms with E-state index in [4.69, 9.17) is 4.98 Å². The maximum absolute atomic E-state index is 12.8. The predicted octanol–water partition coefficient (Wildman–Crippen LogP) is 3.96. The van der Waals surface area contributed by atoms with Crippen LogP contribution in [0.25, 0.3) is 11.0 Å². The van der Waals surface area contributed by atoms with Gasteiger partial charge in [0.25, 0.3) is 5.56 Å². The van der Waals surface area contributed by atoms with E-state index >= 15 is 0 Å². The lowest BCUT2D eigenvalue weighted by Gasteiger charge is -2.21. The lowest BCUT2D eigenvalue weighted by atomic mass is 10.0. The molecule has 2 aromatic carbocycles. The molecule has 0 aliphatic rings. The maximum Gasteiger partial charge on any atom is 0.262 e. The van der Waals surface area contributed by atoms with Crippen molar-refractivity contribution in [1.29, 1.82) is 0 Å². The van der Waals surface area contributed by atoms with E-state index in [1.54, 1.807) is 11.6 Å². The number of H-pyrrole nitrogens is 1. The Kier molecular flexibility index (Phi) is 6.28. The molecule has 4 rings (SSSR count). The summed E-state index contributed by atoms with van der Waals surface area (Å²) in [5.41, 5.74) is 3.32. The number of aromatic nitrogens is 4. The highest BCUT2D eigenvalue weighted by molar-refractivity contribution is 5.77. The standard InChI is InChI=1S/C25H28N4O2/c1-17-23-24(26-22(27-25(23)31)16-20-12-7-4-8-13-20)29(28-17)21(18(2)30)15-9-14-19-10-5-3-6-11-19/h3-8,10-13,18,21,30H,9,14-16H2,1-2H3,(H,26,27,31). The van der Waals surface area contributed by atoms with Crippen LogP contribution in [-0.4, -0.2) is 31.0 Å². The zero-order chi connectivity index (χ0) is 21.8. The van der Waals surface area contributed by atoms with Crippen LogP contribution in [0.3, 0.4) is 0 Å². The number of nitrogens with zero attached hydrogens (tertiary/aromatic N) is 3. The average Bonchev–Trinajstić information content (AvgIpc) is 3.09. The summed E-state index contributed by atoms with van der Waals surface area (Å²) in [6.07, 6.45) is 2.49. The lowest BCUT2D eigenvalue weighted by Crippen LogP contribution is -2.24. The first kappa shape index (κ1) is 21.0. The zero-order valence-corrected chi connectivity index (χ0v) is 18.0. The third-order valence-electron chi connectivity index (χ3n) is 5.68. The summed E-state index contributed by atoms with van der Waals surface area (Å²) in [7, 11) is 0. The van der Waals surface area contributed by atoms with E-state index in [2.05, 4.69) is 22.2 Å². The maximum atomic E-state index is 12.8. The molecule has 0 aliphatic heterocycles. The van der Waals surface area contributed by atoms with Gasteiger partial charge in [-0.25, -0.2) is 9.67 Å². The van der Waals surface area contributed by atoms with Gasteiger partial charge >= 0.3 is 0 Å². The van der Waals surface area contributed by atoms with Gasteiger partial charge in [-0.05, 0) is 44.2 Å². The van der Waals surface area contributed by atoms with Crippen LogP contribution < -0.4 is 5.56 Å². The molecular weight excluding hydrogens is 388 g/mol. The van der Waals surface area contributed by atoms with Gasteiger partial charge in [0.15, 0.2) is 5.65 Å². The molecule has 4 aromatic rings. The molecule has 2 atom stereocenters. The fourth-order valence-corrected chi connectivity index (χ4v) is 4.09. The Hall–Kier alpha value is -3.25. The molecule has 2 unspecified atom stereocenters. The Bertz CT molecular complexity index is 1200. The number of aliphatic hydroxyl groups excluding tert-OH is 1. The number of hydrogen-bond donors (Lipinski definition) is 2. The van der Waals surface area contributed by atoms with Crippen molar-refractivity contribution in [3.05, 3.63) is 93.7 Å². The summed E-state index contributed by atoms with van der Waals surface area (Å²) in [6.45, 7) is 3.59. The topological polar surface area (TPSA) is 83.8 Å². The van der Waals surface area contributed by atoms with Crippen molar-refractivity contribution in [2.45, 2.75) is 51.7 Å². The third-order valence-corrected chi connectivity index (χ3v) is 5.68. The van der Waals surface area contributed by atoms with Crippen LogP contribution >= 0.6 is 0 Å². The predicted molar refractivity (Wildman–Crippen MR) is 122 cm³/mol. The van der Waals surface area contributed by atoms with Crippen molar-refractivity contribution in [1.82, 2.24) is 19.7 Å². The van der Waals surface area contributed by atoms with Gasteiger partial charge < -0.3 is 10.1 Å². The molecule has 31 heavy (non-hydrogen) atoms. The van der Waals surface area contributed by atoms with Crippen molar-refractivity contribution in [2.75, 3.05) is 0 Å². The Balaban J connectivity index is 1.64. The highest BCUT2D eigenvalue weighted by Crippen LogP contribution is 2.24. The molecule has 0 radical (unpaired) electrons. The van der Waals surface area contributed by atoms with E-state index < -0.39 is 6.10 Å². The Labute approximate surface area is 181 Å². The molecule has 160 valence electrons. The van der Waals surface area contributed by atoms with Gasteiger partial charge in [-0.1, -0.05) is 60.7 Å². The highest BCUT2D eigenvalue weighted by atomic mass is 16.3. The van der Waals surface area contributed by atoms with Crippen LogP contribution in [0.5, 0.6) is 0 Å². The summed E-state index contributed by atoms with van der Waals surface area (Å²) in [4.78, 5) is 20.5. The molecule has 0 saturated heterocycles. The number of aliphatic hydroxyl groups is 1. The molecule has 0 saturated carbocycles. The Morgan fingerprint density at radius 2 is 1.68 bits per heavy atom. The molecule has 2 aromatic heterocycles. The molecule has 6 nitrogen and oxygen atoms in total. The van der Waals surface area contributed by atoms with Gasteiger partial charge in [-0.15, -0.1) is 0 Å². The minimum Gasteiger partial charge on any atom is -0.391 e. The summed E-state index contributed by atoms with van der Waals surface area (Å²) >= 11 is 0. The number of nitrogens with one attached hydrogen (secondary N) is 1. The van der Waals surface area contributed by atoms with Gasteiger partial charge in [-0.2, -0.15) is 5.10 Å². The molecule has 0 aliphatic carbocycles. The SMILES string of the molecule is Cc1nn(C(CCCc2ccccc2)C(C)O)c2nc(Cc3ccccc3)[nH]c(=O)c12. The van der Waals surface area contributed by atoms with E-state index in [9.17, 15) is 9.90 Å². The Morgan fingerprint density at radius 1 is 1.03 bits per heavy atom. The minimum absolute atomic E-state index is 0.187. The van der Waals surface area contributed by atoms with Crippen molar-refractivity contribution in [3.8, 4) is 0 Å². The fourth-order valence-electron chi connectivity index (χ4n) is 4.09. The van der Waals surface area contributed by atoms with Crippen LogP contribution in [0.1, 0.15) is 48.5 Å². The van der Waals surface area contributed by atoms with E-state index in [-0.39, 0.29) is 11.6 Å². The van der Waals surface area contributed by atoms with Crippen molar-refractivity contribution < 1.29 is 5.11 Å². The lowest BCUT2D eigenvalue weighted by molar-refractivity contribution is 0.118. The second kappa shape index (κ2) is 9.27. The second-order valence-electron chi connectivity index (χ2n) is 8.09. The van der Waals surface area contributed by atoms with Crippen LogP contribution in [0, 0.1) is 6.92 Å². The first-order valence-electron chi connectivity index (χ1n) is 10.8. The Morgan fingerprint density at radius 3 is 2.32 bits per heavy atom. The summed E-state index contributed by atoms with van der Waals surface area (Å²) in [6, 6.07) is 20.0. The number of rotatable bonds is 8. The van der Waals surface area contributed by atoms with Crippen molar-refractivity contribution in [3.63, 3.8) is 0 Å². The molecule has 0 fully saturated rings. The summed E-state index contributed by atoms with van der Waals surface area (Å²) in [5.74, 6) is 0.596. The van der Waals surface area contributed by atoms with Gasteiger partial charge in [-0.3, -0.25) is 4.79 Å². The highest BCUT2D eigenvalue weighted by Gasteiger charge is 2.24. The monoisotopic (exact) mass is 416 g/mol. The number of aryl methyl sites for hydroxylation is 2. The van der Waals surface area contributed by atoms with E-state index in [1.807, 2.05) is 55.5 Å². The number of aromatic amines is 1. The number of hydrogen-bond acceptors (Lipinski definition) is 4. The molecule has 0 bridgehead atoms. The average molecular weight is 417 g/mol. The van der Waals surface area contributed by atoms with E-state index in [1.165, 1.54) is 5.56 Å². The van der Waals surface area contributed by atoms with Crippen LogP contribution in [0.4, 0.5) is 0 Å². The van der Waals surface area contributed by atoms with Crippen molar-refractivity contribution in [2.24, 2.45) is 0 Å². The fraction of sp³-hybridized carbons (Fsp3) is 0.320.